The molecule has 1 fully saturated rings. The molecule has 0 radical (unpaired) electrons. The maximum Gasteiger partial charge on any atom is 0.229 e. The van der Waals surface area contributed by atoms with Crippen molar-refractivity contribution in [2.75, 3.05) is 5.32 Å². The SMILES string of the molecule is CCC(O)c1cc(C)c(-c2cc3nc(NC(=O)C4CC4)sc3n3ccnc23)cn1. The third-order valence-electron chi connectivity index (χ3n) is 5.34. The highest BCUT2D eigenvalue weighted by Crippen LogP contribution is 2.36. The maximum atomic E-state index is 12.1. The number of thiazole rings is 1. The van der Waals surface area contributed by atoms with Crippen LogP contribution in [0.15, 0.2) is 30.7 Å². The lowest BCUT2D eigenvalue weighted by Crippen LogP contribution is -2.12. The summed E-state index contributed by atoms with van der Waals surface area (Å²) >= 11 is 1.45. The van der Waals surface area contributed by atoms with E-state index in [0.29, 0.717) is 17.2 Å². The zero-order chi connectivity index (χ0) is 20.1. The lowest BCUT2D eigenvalue weighted by Gasteiger charge is -2.12. The van der Waals surface area contributed by atoms with Crippen LogP contribution in [0.25, 0.3) is 27.1 Å². The zero-order valence-electron chi connectivity index (χ0n) is 16.2. The Morgan fingerprint density at radius 2 is 2.17 bits per heavy atom. The second kappa shape index (κ2) is 6.89. The third kappa shape index (κ3) is 3.18. The second-order valence-corrected chi connectivity index (χ2v) is 8.48. The minimum atomic E-state index is -0.562. The summed E-state index contributed by atoms with van der Waals surface area (Å²) in [6, 6.07) is 3.93. The molecule has 1 aliphatic carbocycles. The van der Waals surface area contributed by atoms with Crippen molar-refractivity contribution in [2.45, 2.75) is 39.2 Å². The molecule has 7 nitrogen and oxygen atoms in total. The maximum absolute atomic E-state index is 12.1. The standard InChI is InChI=1S/C21H21N5O2S/c1-3-17(27)15-8-11(2)14(10-23-15)13-9-16-20(26-7-6-22-18(13)26)29-21(24-16)25-19(28)12-4-5-12/h6-10,12,17,27H,3-5H2,1-2H3,(H,24,25,28). The van der Waals surface area contributed by atoms with Crippen molar-refractivity contribution in [3.63, 3.8) is 0 Å². The Kier molecular flexibility index (Phi) is 4.33. The van der Waals surface area contributed by atoms with E-state index in [4.69, 9.17) is 0 Å². The summed E-state index contributed by atoms with van der Waals surface area (Å²) in [6.07, 6.45) is 7.44. The number of pyridine rings is 2. The molecule has 4 heterocycles. The molecule has 0 aromatic carbocycles. The monoisotopic (exact) mass is 407 g/mol. The number of nitrogens with zero attached hydrogens (tertiary/aromatic N) is 4. The summed E-state index contributed by atoms with van der Waals surface area (Å²) < 4.78 is 2.00. The highest BCUT2D eigenvalue weighted by molar-refractivity contribution is 7.22. The largest absolute Gasteiger partial charge is 0.387 e. The van der Waals surface area contributed by atoms with E-state index in [-0.39, 0.29) is 11.8 Å². The summed E-state index contributed by atoms with van der Waals surface area (Å²) in [5.41, 5.74) is 5.19. The summed E-state index contributed by atoms with van der Waals surface area (Å²) in [5.74, 6) is 0.188. The normalized spacial score (nSPS) is 15.1. The Bertz CT molecular complexity index is 1240. The third-order valence-corrected chi connectivity index (χ3v) is 6.33. The molecule has 1 saturated carbocycles. The van der Waals surface area contributed by atoms with Crippen molar-refractivity contribution >= 4 is 38.4 Å². The van der Waals surface area contributed by atoms with Crippen molar-refractivity contribution in [1.82, 2.24) is 19.4 Å². The zero-order valence-corrected chi connectivity index (χ0v) is 17.0. The number of aryl methyl sites for hydroxylation is 1. The Labute approximate surface area is 171 Å². The fourth-order valence-electron chi connectivity index (χ4n) is 3.51. The van der Waals surface area contributed by atoms with Gasteiger partial charge >= 0.3 is 0 Å². The van der Waals surface area contributed by atoms with Gasteiger partial charge < -0.3 is 10.4 Å². The van der Waals surface area contributed by atoms with Gasteiger partial charge in [-0.05, 0) is 43.9 Å². The minimum absolute atomic E-state index is 0.0521. The van der Waals surface area contributed by atoms with E-state index >= 15 is 0 Å². The summed E-state index contributed by atoms with van der Waals surface area (Å²) in [4.78, 5) is 26.7. The number of aliphatic hydroxyl groups is 1. The van der Waals surface area contributed by atoms with Gasteiger partial charge in [0.15, 0.2) is 5.13 Å². The first-order valence-corrected chi connectivity index (χ1v) is 10.6. The summed E-state index contributed by atoms with van der Waals surface area (Å²) in [7, 11) is 0. The molecule has 5 rings (SSSR count). The number of aromatic nitrogens is 4. The van der Waals surface area contributed by atoms with Gasteiger partial charge in [0, 0.05) is 35.6 Å². The van der Waals surface area contributed by atoms with E-state index in [9.17, 15) is 9.90 Å². The predicted molar refractivity (Wildman–Crippen MR) is 113 cm³/mol. The van der Waals surface area contributed by atoms with Crippen molar-refractivity contribution in [3.8, 4) is 11.1 Å². The van der Waals surface area contributed by atoms with E-state index in [2.05, 4.69) is 20.3 Å². The molecule has 0 spiro atoms. The van der Waals surface area contributed by atoms with Crippen molar-refractivity contribution in [2.24, 2.45) is 5.92 Å². The van der Waals surface area contributed by atoms with Crippen LogP contribution in [-0.4, -0.2) is 30.4 Å². The van der Waals surface area contributed by atoms with Gasteiger partial charge in [-0.3, -0.25) is 14.2 Å². The Morgan fingerprint density at radius 1 is 1.34 bits per heavy atom. The van der Waals surface area contributed by atoms with Gasteiger partial charge in [-0.2, -0.15) is 0 Å². The van der Waals surface area contributed by atoms with Crippen LogP contribution in [0.3, 0.4) is 0 Å². The number of carbonyl (C=O) groups is 1. The number of nitrogens with one attached hydrogen (secondary N) is 1. The van der Waals surface area contributed by atoms with Crippen LogP contribution in [0.2, 0.25) is 0 Å². The number of anilines is 1. The summed E-state index contributed by atoms with van der Waals surface area (Å²) in [5, 5.41) is 13.6. The van der Waals surface area contributed by atoms with E-state index in [0.717, 1.165) is 45.5 Å². The van der Waals surface area contributed by atoms with Crippen molar-refractivity contribution in [1.29, 1.82) is 0 Å². The van der Waals surface area contributed by atoms with E-state index in [1.807, 2.05) is 36.6 Å². The van der Waals surface area contributed by atoms with Gasteiger partial charge in [0.25, 0.3) is 0 Å². The van der Waals surface area contributed by atoms with Crippen LogP contribution < -0.4 is 5.32 Å². The van der Waals surface area contributed by atoms with Crippen molar-refractivity contribution < 1.29 is 9.90 Å². The smallest absolute Gasteiger partial charge is 0.229 e. The van der Waals surface area contributed by atoms with Gasteiger partial charge in [0.05, 0.1) is 11.8 Å². The van der Waals surface area contributed by atoms with Gasteiger partial charge in [-0.15, -0.1) is 0 Å². The number of imidazole rings is 1. The average Bonchev–Trinajstić information content (AvgIpc) is 3.31. The Balaban J connectivity index is 1.62. The van der Waals surface area contributed by atoms with Gasteiger partial charge in [-0.25, -0.2) is 9.97 Å². The van der Waals surface area contributed by atoms with Crippen LogP contribution in [0.4, 0.5) is 5.13 Å². The van der Waals surface area contributed by atoms with Gasteiger partial charge in [0.1, 0.15) is 16.0 Å². The molecule has 2 N–H and O–H groups in total. The Hall–Kier alpha value is -2.84. The number of hydrogen-bond donors (Lipinski definition) is 2. The van der Waals surface area contributed by atoms with Gasteiger partial charge in [0.2, 0.25) is 5.91 Å². The number of amides is 1. The molecule has 29 heavy (non-hydrogen) atoms. The van der Waals surface area contributed by atoms with Crippen LogP contribution in [0.5, 0.6) is 0 Å². The molecule has 0 bridgehead atoms. The first-order chi connectivity index (χ1) is 14.0. The molecule has 0 saturated heterocycles. The van der Waals surface area contributed by atoms with Crippen molar-refractivity contribution in [3.05, 3.63) is 42.0 Å². The minimum Gasteiger partial charge on any atom is -0.387 e. The molecule has 1 aliphatic rings. The molecule has 1 atom stereocenters. The van der Waals surface area contributed by atoms with E-state index in [1.54, 1.807) is 12.4 Å². The topological polar surface area (TPSA) is 92.4 Å². The highest BCUT2D eigenvalue weighted by Gasteiger charge is 2.30. The number of hydrogen-bond acceptors (Lipinski definition) is 6. The number of rotatable bonds is 5. The van der Waals surface area contributed by atoms with Crippen LogP contribution in [-0.2, 0) is 4.79 Å². The molecule has 4 aromatic rings. The predicted octanol–water partition coefficient (Wildman–Crippen LogP) is 4.11. The first-order valence-electron chi connectivity index (χ1n) is 9.77. The van der Waals surface area contributed by atoms with Crippen LogP contribution >= 0.6 is 11.3 Å². The Morgan fingerprint density at radius 3 is 2.90 bits per heavy atom. The molecule has 8 heteroatoms. The quantitative estimate of drug-likeness (QED) is 0.519. The van der Waals surface area contributed by atoms with E-state index < -0.39 is 6.10 Å². The number of carbonyl (C=O) groups excluding carboxylic acids is 1. The molecule has 148 valence electrons. The molecular formula is C21H21N5O2S. The van der Waals surface area contributed by atoms with Crippen LogP contribution in [0, 0.1) is 12.8 Å². The first kappa shape index (κ1) is 18.2. The number of fused-ring (bicyclic) bond motifs is 3. The second-order valence-electron chi connectivity index (χ2n) is 7.50. The average molecular weight is 407 g/mol. The fraction of sp³-hybridized carbons (Fsp3) is 0.333. The molecule has 1 amide bonds. The van der Waals surface area contributed by atoms with Gasteiger partial charge in [-0.1, -0.05) is 18.3 Å². The molecule has 4 aromatic heterocycles. The lowest BCUT2D eigenvalue weighted by atomic mass is 10.0. The molecular weight excluding hydrogens is 386 g/mol. The van der Waals surface area contributed by atoms with Crippen LogP contribution in [0.1, 0.15) is 43.5 Å². The molecule has 0 aliphatic heterocycles. The lowest BCUT2D eigenvalue weighted by molar-refractivity contribution is -0.117. The van der Waals surface area contributed by atoms with E-state index in [1.165, 1.54) is 11.3 Å². The molecule has 1 unspecified atom stereocenters. The highest BCUT2D eigenvalue weighted by atomic mass is 32.1. The number of aliphatic hydroxyl groups excluding tert-OH is 1. The summed E-state index contributed by atoms with van der Waals surface area (Å²) in [6.45, 7) is 3.94. The fourth-order valence-corrected chi connectivity index (χ4v) is 4.45.